The Kier molecular flexibility index (Phi) is 45.5. The predicted molar refractivity (Wildman–Crippen MR) is 341 cm³/mol. The average Bonchev–Trinajstić information content (AvgIpc) is 1.83. The molecule has 0 aromatic heterocycles. The highest BCUT2D eigenvalue weighted by Crippen LogP contribution is 2.33. The van der Waals surface area contributed by atoms with Gasteiger partial charge in [-0.15, -0.1) is 0 Å². The summed E-state index contributed by atoms with van der Waals surface area (Å²) in [4.78, 5) is 13.3. The second-order valence-electron chi connectivity index (χ2n) is 23.9. The van der Waals surface area contributed by atoms with Gasteiger partial charge in [0.25, 0.3) is 0 Å². The number of carbonyl (C=O) groups excluding carboxylic acids is 1. The standard InChI is InChI=1S/C69H119NO18/c1-3-5-7-9-11-13-15-16-17-18-19-20-21-22-23-24-25-26-27-28-29-30-31-32-33-34-35-36-37-39-41-43-45-47-57(75)70-52(53(74)46-44-42-40-38-14-12-10-8-6-4-2)51-83-67-63(81)60(78)65(55(49-72)85-67)88-69-64(82)61(79)66(56(50-73)86-69)87-68-62(80)59(77)58(76)54(48-71)84-68/h5,7,11,13,16-17,19-20,22-23,25-26,44,46,52-56,58-69,71-74,76-82H,3-4,6,8-10,12,14-15,18,21,24,27-43,45,47-51H2,1-2H3,(H,70,75)/b7-5-,13-11-,17-16-,20-19-,23-22-,26-25-,46-44+. The molecule has 19 nitrogen and oxygen atoms in total. The van der Waals surface area contributed by atoms with Crippen LogP contribution in [0.1, 0.15) is 213 Å². The summed E-state index contributed by atoms with van der Waals surface area (Å²) in [5, 5.41) is 120. The molecule has 0 aromatic carbocycles. The van der Waals surface area contributed by atoms with Crippen molar-refractivity contribution in [2.24, 2.45) is 0 Å². The Labute approximate surface area is 527 Å². The number of nitrogens with one attached hydrogen (secondary N) is 1. The van der Waals surface area contributed by atoms with Crippen LogP contribution in [0.4, 0.5) is 0 Å². The lowest BCUT2D eigenvalue weighted by molar-refractivity contribution is -0.379. The summed E-state index contributed by atoms with van der Waals surface area (Å²) in [7, 11) is 0. The highest BCUT2D eigenvalue weighted by atomic mass is 16.8. The van der Waals surface area contributed by atoms with E-state index in [-0.39, 0.29) is 18.9 Å². The number of allylic oxidation sites excluding steroid dienone is 13. The molecule has 19 heteroatoms. The van der Waals surface area contributed by atoms with Gasteiger partial charge in [-0.3, -0.25) is 4.79 Å². The van der Waals surface area contributed by atoms with Crippen LogP contribution in [0, 0.1) is 0 Å². The summed E-state index contributed by atoms with van der Waals surface area (Å²) in [6.45, 7) is 1.57. The molecule has 0 bridgehead atoms. The molecule has 3 saturated heterocycles. The molecule has 508 valence electrons. The number of hydrogen-bond acceptors (Lipinski definition) is 18. The van der Waals surface area contributed by atoms with Gasteiger partial charge in [0.2, 0.25) is 5.91 Å². The van der Waals surface area contributed by atoms with E-state index in [1.54, 1.807) is 6.08 Å². The van der Waals surface area contributed by atoms with E-state index in [1.807, 2.05) is 6.08 Å². The van der Waals surface area contributed by atoms with Crippen LogP contribution >= 0.6 is 0 Å². The first kappa shape index (κ1) is 79.2. The van der Waals surface area contributed by atoms with Gasteiger partial charge in [-0.25, -0.2) is 0 Å². The summed E-state index contributed by atoms with van der Waals surface area (Å²) in [6.07, 6.45) is 37.3. The third-order valence-electron chi connectivity index (χ3n) is 16.4. The third-order valence-corrected chi connectivity index (χ3v) is 16.4. The maximum Gasteiger partial charge on any atom is 0.220 e. The van der Waals surface area contributed by atoms with E-state index in [1.165, 1.54) is 96.3 Å². The van der Waals surface area contributed by atoms with Crippen LogP contribution in [0.15, 0.2) is 85.1 Å². The molecule has 17 unspecified atom stereocenters. The SMILES string of the molecule is CC/C=C\C/C=C\C/C=C\C/C=C\C/C=C\C/C=C\CCCCCCCCCCCCCCCCC(=O)NC(COC1OC(CO)C(OC2OC(CO)C(OC3OC(CO)C(O)C(O)C3O)C(O)C2O)C(O)C1O)C(O)/C=C/CCCCCCCCCC. The maximum atomic E-state index is 13.3. The Balaban J connectivity index is 1.35. The number of ether oxygens (including phenoxy) is 6. The molecule has 1 amide bonds. The molecule has 0 saturated carbocycles. The Morgan fingerprint density at radius 2 is 0.784 bits per heavy atom. The minimum Gasteiger partial charge on any atom is -0.394 e. The number of rotatable bonds is 50. The van der Waals surface area contributed by atoms with Crippen LogP contribution in [-0.4, -0.2) is 193 Å². The van der Waals surface area contributed by atoms with Gasteiger partial charge in [0.15, 0.2) is 18.9 Å². The number of aliphatic hydroxyl groups excluding tert-OH is 11. The van der Waals surface area contributed by atoms with Gasteiger partial charge in [0.05, 0.1) is 38.6 Å². The maximum absolute atomic E-state index is 13.3. The lowest BCUT2D eigenvalue weighted by Gasteiger charge is -2.48. The Bertz CT molecular complexity index is 1930. The highest BCUT2D eigenvalue weighted by Gasteiger charge is 2.53. The van der Waals surface area contributed by atoms with Crippen LogP contribution in [0.2, 0.25) is 0 Å². The van der Waals surface area contributed by atoms with Gasteiger partial charge < -0.3 is 89.9 Å². The molecule has 88 heavy (non-hydrogen) atoms. The first-order chi connectivity index (χ1) is 42.8. The van der Waals surface area contributed by atoms with Crippen LogP contribution in [0.5, 0.6) is 0 Å². The minimum atomic E-state index is -1.98. The summed E-state index contributed by atoms with van der Waals surface area (Å²) in [5.74, 6) is -0.281. The number of carbonyl (C=O) groups is 1. The van der Waals surface area contributed by atoms with Gasteiger partial charge in [0, 0.05) is 6.42 Å². The van der Waals surface area contributed by atoms with Gasteiger partial charge in [-0.05, 0) is 70.6 Å². The Morgan fingerprint density at radius 1 is 0.420 bits per heavy atom. The van der Waals surface area contributed by atoms with Crippen LogP contribution in [0.25, 0.3) is 0 Å². The van der Waals surface area contributed by atoms with Crippen molar-refractivity contribution in [3.8, 4) is 0 Å². The minimum absolute atomic E-state index is 0.238. The second-order valence-corrected chi connectivity index (χ2v) is 23.9. The first-order valence-electron chi connectivity index (χ1n) is 33.8. The average molecular weight is 1250 g/mol. The summed E-state index contributed by atoms with van der Waals surface area (Å²) in [6, 6.07) is -0.975. The number of unbranched alkanes of at least 4 members (excludes halogenated alkanes) is 22. The molecule has 3 rings (SSSR count). The van der Waals surface area contributed by atoms with Crippen LogP contribution in [-0.2, 0) is 33.2 Å². The summed E-state index contributed by atoms with van der Waals surface area (Å²) in [5.41, 5.74) is 0. The van der Waals surface area contributed by atoms with Gasteiger partial charge >= 0.3 is 0 Å². The molecule has 3 fully saturated rings. The molecule has 0 spiro atoms. The van der Waals surface area contributed by atoms with Crippen molar-refractivity contribution >= 4 is 5.91 Å². The zero-order valence-electron chi connectivity index (χ0n) is 53.4. The van der Waals surface area contributed by atoms with Gasteiger partial charge in [0.1, 0.15) is 73.2 Å². The largest absolute Gasteiger partial charge is 0.394 e. The molecule has 17 atom stereocenters. The van der Waals surface area contributed by atoms with E-state index >= 15 is 0 Å². The van der Waals surface area contributed by atoms with E-state index in [9.17, 15) is 61.0 Å². The number of amides is 1. The van der Waals surface area contributed by atoms with Crippen molar-refractivity contribution in [1.29, 1.82) is 0 Å². The van der Waals surface area contributed by atoms with E-state index in [0.29, 0.717) is 6.42 Å². The summed E-state index contributed by atoms with van der Waals surface area (Å²) < 4.78 is 34.2. The molecule has 0 radical (unpaired) electrons. The summed E-state index contributed by atoms with van der Waals surface area (Å²) >= 11 is 0. The molecular weight excluding hydrogens is 1130 g/mol. The first-order valence-corrected chi connectivity index (χ1v) is 33.8. The second kappa shape index (κ2) is 50.5. The highest BCUT2D eigenvalue weighted by molar-refractivity contribution is 5.76. The van der Waals surface area contributed by atoms with Crippen LogP contribution < -0.4 is 5.32 Å². The molecule has 3 aliphatic rings. The number of hydrogen-bond donors (Lipinski definition) is 12. The van der Waals surface area contributed by atoms with Gasteiger partial charge in [-0.1, -0.05) is 221 Å². The molecule has 0 aromatic rings. The van der Waals surface area contributed by atoms with Crippen molar-refractivity contribution in [1.82, 2.24) is 5.32 Å². The fourth-order valence-corrected chi connectivity index (χ4v) is 11.0. The van der Waals surface area contributed by atoms with Crippen molar-refractivity contribution in [3.05, 3.63) is 85.1 Å². The quantitative estimate of drug-likeness (QED) is 0.0201. The smallest absolute Gasteiger partial charge is 0.220 e. The fraction of sp³-hybridized carbons (Fsp3) is 0.783. The lowest BCUT2D eigenvalue weighted by atomic mass is 9.96. The van der Waals surface area contributed by atoms with Crippen molar-refractivity contribution in [2.75, 3.05) is 26.4 Å². The predicted octanol–water partition coefficient (Wildman–Crippen LogP) is 8.32. The molecule has 3 heterocycles. The normalized spacial score (nSPS) is 28.9. The van der Waals surface area contributed by atoms with E-state index in [0.717, 1.165) is 89.9 Å². The molecular formula is C69H119NO18. The van der Waals surface area contributed by atoms with Crippen molar-refractivity contribution < 1.29 is 89.4 Å². The topological polar surface area (TPSA) is 307 Å². The molecule has 12 N–H and O–H groups in total. The molecule has 0 aliphatic carbocycles. The number of aliphatic hydroxyl groups is 11. The van der Waals surface area contributed by atoms with Crippen LogP contribution in [0.3, 0.4) is 0 Å². The van der Waals surface area contributed by atoms with Gasteiger partial charge in [-0.2, -0.15) is 0 Å². The molecule has 3 aliphatic heterocycles. The van der Waals surface area contributed by atoms with Crippen molar-refractivity contribution in [3.63, 3.8) is 0 Å². The Hall–Kier alpha value is -3.03. The third kappa shape index (κ3) is 32.5. The van der Waals surface area contributed by atoms with E-state index in [2.05, 4.69) is 92.1 Å². The zero-order chi connectivity index (χ0) is 64.0. The van der Waals surface area contributed by atoms with Crippen molar-refractivity contribution in [2.45, 2.75) is 317 Å². The monoisotopic (exact) mass is 1250 g/mol. The van der Waals surface area contributed by atoms with E-state index in [4.69, 9.17) is 28.4 Å². The zero-order valence-corrected chi connectivity index (χ0v) is 53.4. The Morgan fingerprint density at radius 3 is 1.23 bits per heavy atom. The fourth-order valence-electron chi connectivity index (χ4n) is 11.0. The van der Waals surface area contributed by atoms with E-state index < -0.39 is 124 Å². The lowest BCUT2D eigenvalue weighted by Crippen LogP contribution is -2.66.